The molecule has 6 aromatic rings. The van der Waals surface area contributed by atoms with Gasteiger partial charge in [0.15, 0.2) is 11.6 Å². The number of ether oxygens (including phenoxy) is 1. The Morgan fingerprint density at radius 3 is 2.32 bits per heavy atom. The molecular formula is C29H20FN7O. The predicted molar refractivity (Wildman–Crippen MR) is 144 cm³/mol. The third-order valence-corrected chi connectivity index (χ3v) is 5.86. The van der Waals surface area contributed by atoms with Crippen LogP contribution in [-0.4, -0.2) is 25.1 Å². The summed E-state index contributed by atoms with van der Waals surface area (Å²) in [5.74, 6) is 0.673. The molecule has 38 heavy (non-hydrogen) atoms. The molecule has 8 nitrogen and oxygen atoms in total. The molecule has 0 aliphatic carbocycles. The Balaban J connectivity index is 1.26. The molecule has 184 valence electrons. The number of pyridine rings is 1. The first-order chi connectivity index (χ1) is 18.7. The second-order valence-corrected chi connectivity index (χ2v) is 8.34. The van der Waals surface area contributed by atoms with Crippen molar-refractivity contribution in [3.05, 3.63) is 109 Å². The van der Waals surface area contributed by atoms with E-state index in [1.807, 2.05) is 66.7 Å². The van der Waals surface area contributed by atoms with Gasteiger partial charge in [-0.15, -0.1) is 10.2 Å². The molecule has 0 saturated heterocycles. The van der Waals surface area contributed by atoms with Gasteiger partial charge in [0.05, 0.1) is 11.8 Å². The molecule has 0 amide bonds. The highest BCUT2D eigenvalue weighted by Crippen LogP contribution is 2.34. The van der Waals surface area contributed by atoms with E-state index in [0.29, 0.717) is 17.1 Å². The molecule has 0 unspecified atom stereocenters. The molecule has 3 heterocycles. The lowest BCUT2D eigenvalue weighted by Crippen LogP contribution is -2.01. The standard InChI is InChI=1S/C29H20FN7O/c30-24-17-33-29(31)35-26(24)23-11-6-16-32-28(23)38-20-14-12-19(13-15-20)34-27-22-10-5-4-9-21(22)25(36-37-27)18-7-2-1-3-8-18/h1-17H,(H,34,37)(H2,31,33,35). The maximum absolute atomic E-state index is 14.4. The van der Waals surface area contributed by atoms with Crippen LogP contribution in [0.15, 0.2) is 103 Å². The fourth-order valence-corrected chi connectivity index (χ4v) is 4.08. The van der Waals surface area contributed by atoms with E-state index in [9.17, 15) is 4.39 Å². The Bertz CT molecular complexity index is 1740. The van der Waals surface area contributed by atoms with Gasteiger partial charge in [0.2, 0.25) is 11.8 Å². The number of nitrogen functional groups attached to an aromatic ring is 1. The highest BCUT2D eigenvalue weighted by molar-refractivity contribution is 6.00. The first kappa shape index (κ1) is 23.0. The highest BCUT2D eigenvalue weighted by atomic mass is 19.1. The molecule has 3 aromatic carbocycles. The van der Waals surface area contributed by atoms with Gasteiger partial charge in [0, 0.05) is 28.2 Å². The van der Waals surface area contributed by atoms with E-state index in [2.05, 4.69) is 30.5 Å². The van der Waals surface area contributed by atoms with Crippen LogP contribution in [0.4, 0.5) is 21.8 Å². The van der Waals surface area contributed by atoms with Crippen LogP contribution in [0.2, 0.25) is 0 Å². The largest absolute Gasteiger partial charge is 0.438 e. The van der Waals surface area contributed by atoms with Crippen molar-refractivity contribution in [3.8, 4) is 34.1 Å². The van der Waals surface area contributed by atoms with Gasteiger partial charge in [-0.1, -0.05) is 54.6 Å². The van der Waals surface area contributed by atoms with Crippen molar-refractivity contribution in [2.75, 3.05) is 11.1 Å². The lowest BCUT2D eigenvalue weighted by molar-refractivity contribution is 0.464. The summed E-state index contributed by atoms with van der Waals surface area (Å²) >= 11 is 0. The van der Waals surface area contributed by atoms with Gasteiger partial charge in [-0.2, -0.15) is 0 Å². The number of nitrogens with two attached hydrogens (primary N) is 1. The van der Waals surface area contributed by atoms with Gasteiger partial charge in [-0.05, 0) is 36.4 Å². The number of nitrogens with zero attached hydrogens (tertiary/aromatic N) is 5. The first-order valence-electron chi connectivity index (χ1n) is 11.7. The number of anilines is 3. The Morgan fingerprint density at radius 2 is 1.50 bits per heavy atom. The summed E-state index contributed by atoms with van der Waals surface area (Å²) in [6.45, 7) is 0. The highest BCUT2D eigenvalue weighted by Gasteiger charge is 2.16. The number of halogens is 1. The molecular weight excluding hydrogens is 481 g/mol. The van der Waals surface area contributed by atoms with Crippen molar-refractivity contribution in [1.82, 2.24) is 25.1 Å². The smallest absolute Gasteiger partial charge is 0.228 e. The molecule has 0 atom stereocenters. The van der Waals surface area contributed by atoms with Crippen LogP contribution in [0.5, 0.6) is 11.6 Å². The van der Waals surface area contributed by atoms with Gasteiger partial charge in [-0.25, -0.2) is 19.3 Å². The second-order valence-electron chi connectivity index (χ2n) is 8.34. The van der Waals surface area contributed by atoms with Crippen molar-refractivity contribution in [3.63, 3.8) is 0 Å². The van der Waals surface area contributed by atoms with E-state index in [0.717, 1.165) is 33.9 Å². The fourth-order valence-electron chi connectivity index (χ4n) is 4.08. The summed E-state index contributed by atoms with van der Waals surface area (Å²) in [6, 6.07) is 28.6. The van der Waals surface area contributed by atoms with E-state index < -0.39 is 5.82 Å². The number of aromatic nitrogens is 5. The normalized spacial score (nSPS) is 10.9. The average Bonchev–Trinajstić information content (AvgIpc) is 2.96. The molecule has 9 heteroatoms. The van der Waals surface area contributed by atoms with Crippen LogP contribution in [0.25, 0.3) is 33.3 Å². The summed E-state index contributed by atoms with van der Waals surface area (Å²) in [5, 5.41) is 14.3. The van der Waals surface area contributed by atoms with E-state index in [-0.39, 0.29) is 17.5 Å². The molecule has 3 N–H and O–H groups in total. The number of nitrogens with one attached hydrogen (secondary N) is 1. The number of benzene rings is 3. The summed E-state index contributed by atoms with van der Waals surface area (Å²) in [6.07, 6.45) is 2.58. The predicted octanol–water partition coefficient (Wildman–Crippen LogP) is 6.41. The van der Waals surface area contributed by atoms with Crippen LogP contribution in [0, 0.1) is 5.82 Å². The van der Waals surface area contributed by atoms with E-state index in [4.69, 9.17) is 10.5 Å². The van der Waals surface area contributed by atoms with Gasteiger partial charge < -0.3 is 15.8 Å². The Labute approximate surface area is 217 Å². The maximum atomic E-state index is 14.4. The molecule has 0 fully saturated rings. The number of fused-ring (bicyclic) bond motifs is 1. The summed E-state index contributed by atoms with van der Waals surface area (Å²) in [4.78, 5) is 11.9. The average molecular weight is 502 g/mol. The third-order valence-electron chi connectivity index (χ3n) is 5.86. The van der Waals surface area contributed by atoms with Gasteiger partial charge >= 0.3 is 0 Å². The summed E-state index contributed by atoms with van der Waals surface area (Å²) in [5.41, 5.74) is 8.65. The first-order valence-corrected chi connectivity index (χ1v) is 11.7. The Hall–Kier alpha value is -5.44. The minimum Gasteiger partial charge on any atom is -0.438 e. The molecule has 0 bridgehead atoms. The lowest BCUT2D eigenvalue weighted by Gasteiger charge is -2.13. The Morgan fingerprint density at radius 1 is 0.737 bits per heavy atom. The molecule has 0 aliphatic heterocycles. The maximum Gasteiger partial charge on any atom is 0.228 e. The van der Waals surface area contributed by atoms with Gasteiger partial charge in [0.25, 0.3) is 0 Å². The van der Waals surface area contributed by atoms with Crippen LogP contribution < -0.4 is 15.8 Å². The fraction of sp³-hybridized carbons (Fsp3) is 0. The summed E-state index contributed by atoms with van der Waals surface area (Å²) < 4.78 is 20.3. The minimum absolute atomic E-state index is 0.0169. The van der Waals surface area contributed by atoms with Gasteiger partial charge in [0.1, 0.15) is 17.1 Å². The molecule has 6 rings (SSSR count). The molecule has 0 aliphatic rings. The van der Waals surface area contributed by atoms with Crippen molar-refractivity contribution >= 4 is 28.2 Å². The zero-order valence-corrected chi connectivity index (χ0v) is 19.9. The van der Waals surface area contributed by atoms with Crippen molar-refractivity contribution in [2.24, 2.45) is 0 Å². The monoisotopic (exact) mass is 501 g/mol. The zero-order valence-electron chi connectivity index (χ0n) is 19.9. The van der Waals surface area contributed by atoms with Crippen molar-refractivity contribution in [1.29, 1.82) is 0 Å². The number of hydrogen-bond donors (Lipinski definition) is 2. The second kappa shape index (κ2) is 9.90. The molecule has 0 spiro atoms. The van der Waals surface area contributed by atoms with Gasteiger partial charge in [-0.3, -0.25) is 0 Å². The molecule has 0 saturated carbocycles. The van der Waals surface area contributed by atoms with E-state index in [1.54, 1.807) is 30.5 Å². The SMILES string of the molecule is Nc1ncc(F)c(-c2cccnc2Oc2ccc(Nc3nnc(-c4ccccc4)c4ccccc34)cc2)n1. The lowest BCUT2D eigenvalue weighted by atomic mass is 10.0. The molecule has 0 radical (unpaired) electrons. The van der Waals surface area contributed by atoms with Crippen LogP contribution in [0.3, 0.4) is 0 Å². The van der Waals surface area contributed by atoms with Crippen molar-refractivity contribution < 1.29 is 9.13 Å². The third kappa shape index (κ3) is 4.56. The number of hydrogen-bond acceptors (Lipinski definition) is 8. The quantitative estimate of drug-likeness (QED) is 0.269. The topological polar surface area (TPSA) is 112 Å². The van der Waals surface area contributed by atoms with E-state index >= 15 is 0 Å². The number of rotatable bonds is 6. The zero-order chi connectivity index (χ0) is 25.9. The summed E-state index contributed by atoms with van der Waals surface area (Å²) in [7, 11) is 0. The minimum atomic E-state index is -0.622. The Kier molecular flexibility index (Phi) is 5.99. The van der Waals surface area contributed by atoms with Crippen LogP contribution in [-0.2, 0) is 0 Å². The van der Waals surface area contributed by atoms with E-state index in [1.165, 1.54) is 0 Å². The molecule has 3 aromatic heterocycles. The van der Waals surface area contributed by atoms with Crippen molar-refractivity contribution in [2.45, 2.75) is 0 Å². The van der Waals surface area contributed by atoms with Crippen LogP contribution >= 0.6 is 0 Å². The van der Waals surface area contributed by atoms with Crippen LogP contribution in [0.1, 0.15) is 0 Å².